The van der Waals surface area contributed by atoms with Crippen molar-refractivity contribution in [1.82, 2.24) is 0 Å². The largest absolute Gasteiger partial charge is 0.423 e. The standard InChI is InChI=1S/C26H19NO6/c1-16-17(2)24(29)27(23(16)28)22-20(25(30)32-18-10-5-3-6-11-18)14-9-15-21(22)26(31)33-19-12-7-4-8-13-19/h3-15H,1-2H3. The fourth-order valence-corrected chi connectivity index (χ4v) is 3.37. The number of rotatable bonds is 5. The molecule has 3 aromatic rings. The third-order valence-electron chi connectivity index (χ3n) is 5.22. The number of carbonyl (C=O) groups is 4. The second-order valence-electron chi connectivity index (χ2n) is 7.30. The number of amides is 2. The smallest absolute Gasteiger partial charge is 0.345 e. The summed E-state index contributed by atoms with van der Waals surface area (Å²) in [7, 11) is 0. The highest BCUT2D eigenvalue weighted by molar-refractivity contribution is 6.34. The maximum Gasteiger partial charge on any atom is 0.345 e. The molecule has 0 fully saturated rings. The van der Waals surface area contributed by atoms with E-state index in [9.17, 15) is 19.2 Å². The second kappa shape index (κ2) is 8.92. The Kier molecular flexibility index (Phi) is 5.87. The summed E-state index contributed by atoms with van der Waals surface area (Å²) in [6, 6.07) is 20.9. The van der Waals surface area contributed by atoms with E-state index in [2.05, 4.69) is 0 Å². The van der Waals surface area contributed by atoms with Gasteiger partial charge in [0, 0.05) is 11.1 Å². The first-order chi connectivity index (χ1) is 15.9. The third-order valence-corrected chi connectivity index (χ3v) is 5.22. The Bertz CT molecular complexity index is 1200. The lowest BCUT2D eigenvalue weighted by Gasteiger charge is -2.21. The van der Waals surface area contributed by atoms with Crippen molar-refractivity contribution in [1.29, 1.82) is 0 Å². The number of ether oxygens (including phenoxy) is 2. The number of hydrogen-bond donors (Lipinski definition) is 0. The monoisotopic (exact) mass is 441 g/mol. The fraction of sp³-hybridized carbons (Fsp3) is 0.0769. The lowest BCUT2D eigenvalue weighted by molar-refractivity contribution is -0.120. The van der Waals surface area contributed by atoms with E-state index < -0.39 is 23.8 Å². The van der Waals surface area contributed by atoms with Gasteiger partial charge in [0.1, 0.15) is 11.5 Å². The molecule has 2 amide bonds. The number of anilines is 1. The molecule has 1 heterocycles. The highest BCUT2D eigenvalue weighted by Crippen LogP contribution is 2.34. The summed E-state index contributed by atoms with van der Waals surface area (Å²) in [4.78, 5) is 52.8. The Morgan fingerprint density at radius 1 is 0.606 bits per heavy atom. The highest BCUT2D eigenvalue weighted by atomic mass is 16.5. The summed E-state index contributed by atoms with van der Waals surface area (Å²) in [5.41, 5.74) is 0.0453. The molecule has 3 aromatic carbocycles. The van der Waals surface area contributed by atoms with Crippen LogP contribution < -0.4 is 14.4 Å². The van der Waals surface area contributed by atoms with E-state index in [0.717, 1.165) is 4.90 Å². The minimum Gasteiger partial charge on any atom is -0.423 e. The second-order valence-corrected chi connectivity index (χ2v) is 7.30. The lowest BCUT2D eigenvalue weighted by atomic mass is 10.0. The quantitative estimate of drug-likeness (QED) is 0.333. The van der Waals surface area contributed by atoms with Crippen molar-refractivity contribution >= 4 is 29.4 Å². The molecular formula is C26H19NO6. The van der Waals surface area contributed by atoms with Crippen LogP contribution in [0.25, 0.3) is 0 Å². The number of nitrogens with zero attached hydrogens (tertiary/aromatic N) is 1. The van der Waals surface area contributed by atoms with Crippen LogP contribution in [0.1, 0.15) is 34.6 Å². The number of esters is 2. The van der Waals surface area contributed by atoms with Crippen LogP contribution in [0.2, 0.25) is 0 Å². The molecule has 0 saturated heterocycles. The number of hydrogen-bond acceptors (Lipinski definition) is 6. The molecule has 0 unspecified atom stereocenters. The minimum atomic E-state index is -0.826. The molecule has 1 aliphatic rings. The van der Waals surface area contributed by atoms with Gasteiger partial charge in [0.25, 0.3) is 11.8 Å². The van der Waals surface area contributed by atoms with Crippen molar-refractivity contribution in [3.8, 4) is 11.5 Å². The zero-order valence-corrected chi connectivity index (χ0v) is 17.9. The highest BCUT2D eigenvalue weighted by Gasteiger charge is 2.39. The van der Waals surface area contributed by atoms with Gasteiger partial charge < -0.3 is 9.47 Å². The molecular weight excluding hydrogens is 422 g/mol. The van der Waals surface area contributed by atoms with Crippen LogP contribution in [0.4, 0.5) is 5.69 Å². The van der Waals surface area contributed by atoms with Gasteiger partial charge in [-0.15, -0.1) is 0 Å². The zero-order valence-electron chi connectivity index (χ0n) is 17.9. The van der Waals surface area contributed by atoms with E-state index >= 15 is 0 Å². The molecule has 4 rings (SSSR count). The first-order valence-electron chi connectivity index (χ1n) is 10.1. The summed E-state index contributed by atoms with van der Waals surface area (Å²) in [6.45, 7) is 3.03. The predicted octanol–water partition coefficient (Wildman–Crippen LogP) is 4.33. The summed E-state index contributed by atoms with van der Waals surface area (Å²) < 4.78 is 10.8. The van der Waals surface area contributed by atoms with Crippen LogP contribution in [0.15, 0.2) is 90.0 Å². The van der Waals surface area contributed by atoms with E-state index in [4.69, 9.17) is 9.47 Å². The van der Waals surface area contributed by atoms with Gasteiger partial charge in [0.15, 0.2) is 0 Å². The number of imide groups is 1. The topological polar surface area (TPSA) is 90.0 Å². The first-order valence-corrected chi connectivity index (χ1v) is 10.1. The van der Waals surface area contributed by atoms with E-state index in [1.807, 2.05) is 0 Å². The molecule has 0 bridgehead atoms. The summed E-state index contributed by atoms with van der Waals surface area (Å²) in [5.74, 6) is -2.34. The van der Waals surface area contributed by atoms with Gasteiger partial charge >= 0.3 is 11.9 Å². The van der Waals surface area contributed by atoms with Crippen LogP contribution in [0.5, 0.6) is 11.5 Å². The summed E-state index contributed by atoms with van der Waals surface area (Å²) in [5, 5.41) is 0. The molecule has 33 heavy (non-hydrogen) atoms. The lowest BCUT2D eigenvalue weighted by Crippen LogP contribution is -2.35. The van der Waals surface area contributed by atoms with Crippen LogP contribution >= 0.6 is 0 Å². The van der Waals surface area contributed by atoms with Gasteiger partial charge in [-0.2, -0.15) is 0 Å². The van der Waals surface area contributed by atoms with Crippen molar-refractivity contribution in [2.75, 3.05) is 4.90 Å². The minimum absolute atomic E-state index is 0.120. The summed E-state index contributed by atoms with van der Waals surface area (Å²) >= 11 is 0. The Labute approximate surface area is 189 Å². The van der Waals surface area contributed by atoms with Crippen LogP contribution in [0, 0.1) is 0 Å². The average Bonchev–Trinajstić information content (AvgIpc) is 3.02. The number of para-hydroxylation sites is 3. The molecule has 0 aliphatic carbocycles. The van der Waals surface area contributed by atoms with Crippen LogP contribution in [-0.2, 0) is 9.59 Å². The van der Waals surface area contributed by atoms with Crippen molar-refractivity contribution in [3.63, 3.8) is 0 Å². The van der Waals surface area contributed by atoms with Crippen molar-refractivity contribution in [3.05, 3.63) is 101 Å². The molecule has 0 spiro atoms. The van der Waals surface area contributed by atoms with Crippen molar-refractivity contribution in [2.45, 2.75) is 13.8 Å². The van der Waals surface area contributed by atoms with Gasteiger partial charge in [0.05, 0.1) is 16.8 Å². The first kappa shape index (κ1) is 21.7. The molecule has 164 valence electrons. The van der Waals surface area contributed by atoms with E-state index in [1.54, 1.807) is 60.7 Å². The van der Waals surface area contributed by atoms with Crippen molar-refractivity contribution in [2.24, 2.45) is 0 Å². The van der Waals surface area contributed by atoms with Crippen molar-refractivity contribution < 1.29 is 28.7 Å². The Morgan fingerprint density at radius 3 is 1.39 bits per heavy atom. The SMILES string of the molecule is CC1=C(C)C(=O)N(c2c(C(=O)Oc3ccccc3)cccc2C(=O)Oc2ccccc2)C1=O. The Balaban J connectivity index is 1.81. The van der Waals surface area contributed by atoms with Crippen LogP contribution in [-0.4, -0.2) is 23.8 Å². The molecule has 7 nitrogen and oxygen atoms in total. The molecule has 0 N–H and O–H groups in total. The van der Waals surface area contributed by atoms with Gasteiger partial charge in [0.2, 0.25) is 0 Å². The van der Waals surface area contributed by atoms with Gasteiger partial charge in [-0.3, -0.25) is 9.59 Å². The maximum atomic E-state index is 13.1. The Hall–Kier alpha value is -4.52. The molecule has 0 atom stereocenters. The van der Waals surface area contributed by atoms with Gasteiger partial charge in [-0.05, 0) is 50.2 Å². The zero-order chi connectivity index (χ0) is 23.5. The molecule has 1 aliphatic heterocycles. The van der Waals surface area contributed by atoms with Crippen LogP contribution in [0.3, 0.4) is 0 Å². The van der Waals surface area contributed by atoms with E-state index in [-0.39, 0.29) is 39.5 Å². The molecule has 7 heteroatoms. The third kappa shape index (κ3) is 4.16. The van der Waals surface area contributed by atoms with Gasteiger partial charge in [-0.1, -0.05) is 42.5 Å². The summed E-state index contributed by atoms with van der Waals surface area (Å²) in [6.07, 6.45) is 0. The number of benzene rings is 3. The predicted molar refractivity (Wildman–Crippen MR) is 120 cm³/mol. The molecule has 0 saturated carbocycles. The normalized spacial score (nSPS) is 13.3. The van der Waals surface area contributed by atoms with E-state index in [1.165, 1.54) is 32.0 Å². The average molecular weight is 441 g/mol. The molecule has 0 radical (unpaired) electrons. The Morgan fingerprint density at radius 2 is 1.00 bits per heavy atom. The number of carbonyl (C=O) groups excluding carboxylic acids is 4. The van der Waals surface area contributed by atoms with Gasteiger partial charge in [-0.25, -0.2) is 14.5 Å². The maximum absolute atomic E-state index is 13.1. The van der Waals surface area contributed by atoms with E-state index in [0.29, 0.717) is 0 Å². The fourth-order valence-electron chi connectivity index (χ4n) is 3.37. The molecule has 0 aromatic heterocycles.